The molecule has 2 aromatic carbocycles. The minimum absolute atomic E-state index is 0. The van der Waals surface area contributed by atoms with E-state index in [0.717, 1.165) is 36.9 Å². The van der Waals surface area contributed by atoms with Gasteiger partial charge in [-0.05, 0) is 63.6 Å². The predicted molar refractivity (Wildman–Crippen MR) is 140 cm³/mol. The van der Waals surface area contributed by atoms with Gasteiger partial charge in [0.1, 0.15) is 5.76 Å². The van der Waals surface area contributed by atoms with Crippen molar-refractivity contribution in [1.29, 1.82) is 0 Å². The van der Waals surface area contributed by atoms with Gasteiger partial charge in [-0.1, -0.05) is 39.8 Å². The van der Waals surface area contributed by atoms with E-state index in [1.807, 2.05) is 45.9 Å². The van der Waals surface area contributed by atoms with Gasteiger partial charge in [0.2, 0.25) is 0 Å². The number of fused-ring (bicyclic) bond motifs is 2. The molecule has 0 saturated heterocycles. The van der Waals surface area contributed by atoms with E-state index in [9.17, 15) is 9.90 Å². The first-order valence-electron chi connectivity index (χ1n) is 12.5. The molecule has 3 aliphatic rings. The molecule has 1 heterocycles. The maximum absolute atomic E-state index is 12.4. The molecule has 2 aromatic rings. The van der Waals surface area contributed by atoms with Crippen molar-refractivity contribution < 1.29 is 30.0 Å². The molecule has 35 heavy (non-hydrogen) atoms. The Balaban J connectivity index is 0.000000192. The van der Waals surface area contributed by atoms with Crippen LogP contribution < -0.4 is 9.80 Å². The van der Waals surface area contributed by atoms with Crippen LogP contribution in [0.4, 0.5) is 17.1 Å². The Morgan fingerprint density at radius 2 is 1.57 bits per heavy atom. The number of ketones is 1. The molecular weight excluding hydrogens is 613 g/mol. The van der Waals surface area contributed by atoms with Crippen molar-refractivity contribution in [1.82, 2.24) is 0 Å². The van der Waals surface area contributed by atoms with Crippen LogP contribution in [0.25, 0.3) is 0 Å². The minimum Gasteiger partial charge on any atom is -0.511 e. The normalized spacial score (nSPS) is 22.1. The molecule has 0 amide bonds. The van der Waals surface area contributed by atoms with Crippen molar-refractivity contribution in [3.05, 3.63) is 72.6 Å². The largest absolute Gasteiger partial charge is 0.511 e. The summed E-state index contributed by atoms with van der Waals surface area (Å²) < 4.78 is 0. The molecule has 1 unspecified atom stereocenters. The van der Waals surface area contributed by atoms with Crippen LogP contribution in [0, 0.1) is 29.5 Å². The first kappa shape index (κ1) is 27.5. The Morgan fingerprint density at radius 1 is 0.971 bits per heavy atom. The monoisotopic (exact) mass is 651 g/mol. The van der Waals surface area contributed by atoms with Crippen LogP contribution in [0.2, 0.25) is 0 Å². The number of benzene rings is 2. The average Bonchev–Trinajstić information content (AvgIpc) is 3.20. The van der Waals surface area contributed by atoms with Gasteiger partial charge in [0, 0.05) is 47.9 Å². The Kier molecular flexibility index (Phi) is 8.23. The topological polar surface area (TPSA) is 43.8 Å². The number of para-hydroxylation sites is 3. The summed E-state index contributed by atoms with van der Waals surface area (Å²) in [6.07, 6.45) is 4.04. The van der Waals surface area contributed by atoms with E-state index in [1.165, 1.54) is 11.4 Å². The summed E-state index contributed by atoms with van der Waals surface area (Å²) in [5.74, 6) is 0.851. The summed E-state index contributed by atoms with van der Waals surface area (Å²) >= 11 is 0. The molecule has 1 fully saturated rings. The number of anilines is 3. The SMILES string of the molecule is CC(C)N1[CH-]N(c2[c-]cccc2)c2ccccc21.CC1(C)CCC2CCC(C)(C)C(O)=C2C1=O.[Ir]. The van der Waals surface area contributed by atoms with Crippen LogP contribution in [-0.4, -0.2) is 16.9 Å². The molecule has 191 valence electrons. The summed E-state index contributed by atoms with van der Waals surface area (Å²) in [6.45, 7) is 14.6. The maximum atomic E-state index is 12.4. The second-order valence-electron chi connectivity index (χ2n) is 11.4. The summed E-state index contributed by atoms with van der Waals surface area (Å²) in [7, 11) is 0. The molecule has 1 radical (unpaired) electrons. The van der Waals surface area contributed by atoms with Crippen molar-refractivity contribution in [3.8, 4) is 0 Å². The first-order valence-corrected chi connectivity index (χ1v) is 12.5. The zero-order chi connectivity index (χ0) is 24.7. The Labute approximate surface area is 224 Å². The number of allylic oxidation sites excluding steroid dienone is 2. The number of hydrogen-bond donors (Lipinski definition) is 1. The maximum Gasteiger partial charge on any atom is 0.168 e. The van der Waals surface area contributed by atoms with E-state index in [2.05, 4.69) is 66.7 Å². The van der Waals surface area contributed by atoms with Crippen LogP contribution in [-0.2, 0) is 24.9 Å². The summed E-state index contributed by atoms with van der Waals surface area (Å²) in [6, 6.07) is 20.3. The van der Waals surface area contributed by atoms with E-state index in [-0.39, 0.29) is 36.7 Å². The summed E-state index contributed by atoms with van der Waals surface area (Å²) in [4.78, 5) is 16.8. The fourth-order valence-electron chi connectivity index (χ4n) is 5.22. The number of carbonyl (C=O) groups excluding carboxylic acids is 1. The Hall–Kier alpha value is -2.10. The fraction of sp³-hybridized carbons (Fsp3) is 0.467. The summed E-state index contributed by atoms with van der Waals surface area (Å²) in [5.41, 5.74) is 3.79. The molecule has 5 rings (SSSR count). The zero-order valence-corrected chi connectivity index (χ0v) is 24.2. The van der Waals surface area contributed by atoms with E-state index >= 15 is 0 Å². The molecule has 1 aliphatic heterocycles. The third-order valence-corrected chi connectivity index (χ3v) is 7.57. The molecule has 0 aromatic heterocycles. The van der Waals surface area contributed by atoms with Gasteiger partial charge < -0.3 is 14.9 Å². The molecule has 1 saturated carbocycles. The van der Waals surface area contributed by atoms with Gasteiger partial charge in [-0.3, -0.25) is 4.79 Å². The van der Waals surface area contributed by atoms with Crippen molar-refractivity contribution in [2.24, 2.45) is 16.7 Å². The van der Waals surface area contributed by atoms with Crippen LogP contribution in [0.5, 0.6) is 0 Å². The second kappa shape index (κ2) is 10.5. The standard InChI is InChI=1S/C16H16N2.C14H22O2.Ir/c1-13(2)17-12-18(14-8-4-3-5-9-14)16-11-7-6-10-15(16)17;1-13(2)7-5-9-6-8-14(3,4)12(16)10(9)11(13)15;/h3-8,10-13H,1-2H3;9,15H,5-8H2,1-4H3;/q-2;;. The second-order valence-corrected chi connectivity index (χ2v) is 11.4. The zero-order valence-electron chi connectivity index (χ0n) is 21.8. The van der Waals surface area contributed by atoms with E-state index in [1.54, 1.807) is 0 Å². The Morgan fingerprint density at radius 3 is 2.17 bits per heavy atom. The molecule has 5 heteroatoms. The molecule has 0 bridgehead atoms. The van der Waals surface area contributed by atoms with Gasteiger partial charge in [0.15, 0.2) is 5.78 Å². The first-order chi connectivity index (χ1) is 16.0. The average molecular weight is 651 g/mol. The minimum atomic E-state index is -0.284. The number of hydrogen-bond acceptors (Lipinski definition) is 4. The Bertz CT molecular complexity index is 1070. The van der Waals surface area contributed by atoms with Gasteiger partial charge in [-0.2, -0.15) is 37.0 Å². The molecular formula is C30H38IrN2O2-2. The van der Waals surface area contributed by atoms with E-state index in [4.69, 9.17) is 0 Å². The third kappa shape index (κ3) is 5.37. The van der Waals surface area contributed by atoms with Crippen LogP contribution in [0.1, 0.15) is 67.2 Å². The van der Waals surface area contributed by atoms with Gasteiger partial charge >= 0.3 is 0 Å². The van der Waals surface area contributed by atoms with Crippen molar-refractivity contribution in [3.63, 3.8) is 0 Å². The predicted octanol–water partition coefficient (Wildman–Crippen LogP) is 7.59. The van der Waals surface area contributed by atoms with Gasteiger partial charge in [-0.15, -0.1) is 5.69 Å². The van der Waals surface area contributed by atoms with Gasteiger partial charge in [-0.25, -0.2) is 0 Å². The molecule has 0 spiro atoms. The number of nitrogens with zero attached hydrogens (tertiary/aromatic N) is 2. The number of carbonyl (C=O) groups is 1. The van der Waals surface area contributed by atoms with Crippen molar-refractivity contribution >= 4 is 22.8 Å². The van der Waals surface area contributed by atoms with Gasteiger partial charge in [0.25, 0.3) is 0 Å². The van der Waals surface area contributed by atoms with Crippen LogP contribution >= 0.6 is 0 Å². The molecule has 4 nitrogen and oxygen atoms in total. The van der Waals surface area contributed by atoms with Crippen molar-refractivity contribution in [2.45, 2.75) is 73.3 Å². The smallest absolute Gasteiger partial charge is 0.168 e. The summed E-state index contributed by atoms with van der Waals surface area (Å²) in [5, 5.41) is 10.3. The number of aliphatic hydroxyl groups is 1. The van der Waals surface area contributed by atoms with E-state index < -0.39 is 0 Å². The van der Waals surface area contributed by atoms with Gasteiger partial charge in [0.05, 0.1) is 0 Å². The molecule has 1 atom stereocenters. The fourth-order valence-corrected chi connectivity index (χ4v) is 5.22. The quantitative estimate of drug-likeness (QED) is 0.340. The number of Topliss-reactive ketones (excluding diaryl/α,β-unsaturated/α-hetero) is 1. The number of rotatable bonds is 2. The molecule has 2 aliphatic carbocycles. The molecule has 1 N–H and O–H groups in total. The van der Waals surface area contributed by atoms with Crippen LogP contribution in [0.15, 0.2) is 59.9 Å². The van der Waals surface area contributed by atoms with E-state index in [0.29, 0.717) is 17.7 Å². The number of aliphatic hydroxyl groups excluding tert-OH is 1. The van der Waals surface area contributed by atoms with Crippen LogP contribution in [0.3, 0.4) is 0 Å². The van der Waals surface area contributed by atoms with Crippen molar-refractivity contribution in [2.75, 3.05) is 9.80 Å². The third-order valence-electron chi connectivity index (χ3n) is 7.57.